The van der Waals surface area contributed by atoms with Gasteiger partial charge in [0.1, 0.15) is 0 Å². The second kappa shape index (κ2) is 7.33. The third-order valence-electron chi connectivity index (χ3n) is 5.88. The van der Waals surface area contributed by atoms with Gasteiger partial charge in [-0.3, -0.25) is 4.98 Å². The average Bonchev–Trinajstić information content (AvgIpc) is 3.26. The number of aromatic nitrogens is 1. The Kier molecular flexibility index (Phi) is 4.21. The Morgan fingerprint density at radius 2 is 1.23 bits per heavy atom. The molecule has 2 heteroatoms. The van der Waals surface area contributed by atoms with Crippen molar-refractivity contribution in [1.29, 1.82) is 0 Å². The maximum Gasteiger partial charge on any atom is 0.0713 e. The fourth-order valence-electron chi connectivity index (χ4n) is 4.33. The highest BCUT2D eigenvalue weighted by atomic mass is 14.8. The van der Waals surface area contributed by atoms with Crippen molar-refractivity contribution in [3.63, 3.8) is 0 Å². The zero-order valence-electron chi connectivity index (χ0n) is 17.0. The highest BCUT2D eigenvalue weighted by Crippen LogP contribution is 2.39. The van der Waals surface area contributed by atoms with Gasteiger partial charge in [0.05, 0.1) is 22.8 Å². The molecule has 0 atom stereocenters. The Hall–Kier alpha value is -4.04. The van der Waals surface area contributed by atoms with Crippen molar-refractivity contribution >= 4 is 11.8 Å². The van der Waals surface area contributed by atoms with Crippen molar-refractivity contribution in [2.75, 3.05) is 0 Å². The number of benzene rings is 3. The summed E-state index contributed by atoms with van der Waals surface area (Å²) >= 11 is 0. The lowest BCUT2D eigenvalue weighted by molar-refractivity contribution is 1.04. The Balaban J connectivity index is 1.52. The molecule has 0 bridgehead atoms. The van der Waals surface area contributed by atoms with E-state index in [0.717, 1.165) is 40.3 Å². The molecular weight excluding hydrogens is 376 g/mol. The molecule has 1 aromatic heterocycles. The maximum absolute atomic E-state index is 5.09. The molecule has 146 valence electrons. The van der Waals surface area contributed by atoms with Gasteiger partial charge in [0.2, 0.25) is 0 Å². The monoisotopic (exact) mass is 396 g/mol. The quantitative estimate of drug-likeness (QED) is 0.376. The highest BCUT2D eigenvalue weighted by Gasteiger charge is 2.25. The lowest BCUT2D eigenvalue weighted by Crippen LogP contribution is -2.06. The molecular formula is C29H20N2. The summed E-state index contributed by atoms with van der Waals surface area (Å²) in [6, 6.07) is 33.6. The highest BCUT2D eigenvalue weighted by molar-refractivity contribution is 6.12. The molecule has 0 amide bonds. The van der Waals surface area contributed by atoms with Crippen LogP contribution in [0, 0.1) is 0 Å². The topological polar surface area (TPSA) is 25.2 Å². The minimum atomic E-state index is 0.793. The van der Waals surface area contributed by atoms with Crippen molar-refractivity contribution in [2.24, 2.45) is 4.99 Å². The van der Waals surface area contributed by atoms with Gasteiger partial charge in [-0.1, -0.05) is 91.0 Å². The van der Waals surface area contributed by atoms with Gasteiger partial charge in [-0.15, -0.1) is 0 Å². The average molecular weight is 396 g/mol. The fraction of sp³-hybridized carbons (Fsp3) is 0.0345. The first-order valence-electron chi connectivity index (χ1n) is 10.6. The molecule has 0 unspecified atom stereocenters. The first-order chi connectivity index (χ1) is 15.3. The van der Waals surface area contributed by atoms with E-state index in [1.165, 1.54) is 22.3 Å². The lowest BCUT2D eigenvalue weighted by Gasteiger charge is -2.19. The summed E-state index contributed by atoms with van der Waals surface area (Å²) in [7, 11) is 0. The second-order valence-corrected chi connectivity index (χ2v) is 7.89. The Labute approximate surface area is 182 Å². The van der Waals surface area contributed by atoms with Crippen LogP contribution in [0.4, 0.5) is 0 Å². The van der Waals surface area contributed by atoms with Crippen molar-refractivity contribution in [3.8, 4) is 22.4 Å². The molecule has 2 aliphatic rings. The van der Waals surface area contributed by atoms with Crippen LogP contribution in [0.1, 0.15) is 16.8 Å². The number of aliphatic imine (C=N–C) groups is 1. The zero-order chi connectivity index (χ0) is 20.6. The van der Waals surface area contributed by atoms with Gasteiger partial charge in [0, 0.05) is 23.1 Å². The minimum absolute atomic E-state index is 0.793. The summed E-state index contributed by atoms with van der Waals surface area (Å²) in [5, 5.41) is 0. The van der Waals surface area contributed by atoms with Crippen LogP contribution in [0.15, 0.2) is 119 Å². The molecule has 2 nitrogen and oxygen atoms in total. The predicted molar refractivity (Wildman–Crippen MR) is 128 cm³/mol. The molecule has 0 radical (unpaired) electrons. The number of fused-ring (bicyclic) bond motifs is 2. The largest absolute Gasteiger partial charge is 0.252 e. The second-order valence-electron chi connectivity index (χ2n) is 7.89. The van der Waals surface area contributed by atoms with Crippen LogP contribution in [0.5, 0.6) is 0 Å². The Bertz CT molecular complexity index is 1360. The van der Waals surface area contributed by atoms with Crippen LogP contribution in [0.25, 0.3) is 28.5 Å². The summed E-state index contributed by atoms with van der Waals surface area (Å²) in [6.07, 6.45) is 5.22. The minimum Gasteiger partial charge on any atom is -0.252 e. The van der Waals surface area contributed by atoms with E-state index in [-0.39, 0.29) is 0 Å². The van der Waals surface area contributed by atoms with E-state index in [4.69, 9.17) is 9.98 Å². The number of nitrogens with zero attached hydrogens (tertiary/aromatic N) is 2. The number of pyridine rings is 1. The van der Waals surface area contributed by atoms with Crippen LogP contribution >= 0.6 is 0 Å². The van der Waals surface area contributed by atoms with Crippen molar-refractivity contribution in [1.82, 2.24) is 4.98 Å². The molecule has 0 saturated heterocycles. The Morgan fingerprint density at radius 1 is 0.613 bits per heavy atom. The summed E-state index contributed by atoms with van der Waals surface area (Å²) in [6.45, 7) is 0. The van der Waals surface area contributed by atoms with E-state index < -0.39 is 0 Å². The Morgan fingerprint density at radius 3 is 1.90 bits per heavy atom. The molecule has 6 rings (SSSR count). The summed E-state index contributed by atoms with van der Waals surface area (Å²) in [4.78, 5) is 10.0. The molecule has 3 aromatic carbocycles. The van der Waals surface area contributed by atoms with E-state index in [9.17, 15) is 0 Å². The lowest BCUT2D eigenvalue weighted by atomic mass is 9.89. The number of rotatable bonds is 3. The van der Waals surface area contributed by atoms with Gasteiger partial charge in [0.25, 0.3) is 0 Å². The molecule has 0 N–H and O–H groups in total. The van der Waals surface area contributed by atoms with Crippen LogP contribution in [-0.2, 0) is 6.42 Å². The van der Waals surface area contributed by atoms with Crippen LogP contribution in [0.3, 0.4) is 0 Å². The molecule has 0 fully saturated rings. The van der Waals surface area contributed by atoms with E-state index in [0.29, 0.717) is 0 Å². The van der Waals surface area contributed by atoms with E-state index in [1.807, 2.05) is 12.1 Å². The maximum atomic E-state index is 5.09. The summed E-state index contributed by atoms with van der Waals surface area (Å²) in [5.74, 6) is 0. The summed E-state index contributed by atoms with van der Waals surface area (Å²) in [5.41, 5.74) is 11.3. The van der Waals surface area contributed by atoms with E-state index in [2.05, 4.69) is 97.1 Å². The molecule has 1 aliphatic heterocycles. The predicted octanol–water partition coefficient (Wildman–Crippen LogP) is 6.74. The normalized spacial score (nSPS) is 14.3. The zero-order valence-corrected chi connectivity index (χ0v) is 17.0. The molecule has 0 saturated carbocycles. The van der Waals surface area contributed by atoms with E-state index >= 15 is 0 Å². The van der Waals surface area contributed by atoms with Gasteiger partial charge in [-0.25, -0.2) is 4.99 Å². The van der Waals surface area contributed by atoms with Crippen molar-refractivity contribution < 1.29 is 0 Å². The third kappa shape index (κ3) is 3.23. The number of hydrogen-bond donors (Lipinski definition) is 0. The van der Waals surface area contributed by atoms with Gasteiger partial charge in [-0.05, 0) is 34.9 Å². The van der Waals surface area contributed by atoms with Crippen LogP contribution in [0.2, 0.25) is 0 Å². The number of hydrogen-bond acceptors (Lipinski definition) is 2. The first-order valence-corrected chi connectivity index (χ1v) is 10.6. The standard InChI is InChI=1S/C29H20N2/c1-4-10-20(11-5-1)24-18-27(22-14-8-3-9-15-22)31-29-17-23-16-26(21-12-6-2-7-13-21)30-28(23)19-25(24)29/h1-16,18-19H,17H2. The van der Waals surface area contributed by atoms with Crippen molar-refractivity contribution in [3.05, 3.63) is 131 Å². The van der Waals surface area contributed by atoms with Crippen molar-refractivity contribution in [2.45, 2.75) is 6.42 Å². The van der Waals surface area contributed by atoms with E-state index in [1.54, 1.807) is 0 Å². The summed E-state index contributed by atoms with van der Waals surface area (Å²) < 4.78 is 0. The first kappa shape index (κ1) is 17.8. The van der Waals surface area contributed by atoms with Crippen LogP contribution < -0.4 is 0 Å². The molecule has 2 heterocycles. The fourth-order valence-corrected chi connectivity index (χ4v) is 4.33. The number of allylic oxidation sites excluding steroid dienone is 2. The molecule has 31 heavy (non-hydrogen) atoms. The van der Waals surface area contributed by atoms with Gasteiger partial charge < -0.3 is 0 Å². The van der Waals surface area contributed by atoms with Crippen LogP contribution in [-0.4, -0.2) is 10.7 Å². The van der Waals surface area contributed by atoms with Gasteiger partial charge in [0.15, 0.2) is 0 Å². The van der Waals surface area contributed by atoms with Gasteiger partial charge in [-0.2, -0.15) is 0 Å². The third-order valence-corrected chi connectivity index (χ3v) is 5.88. The molecule has 1 aliphatic carbocycles. The SMILES string of the molecule is C1=C2Cc3nc(-c4ccccc4)cc(-c4ccccc4)c3C=C2N=C1c1ccccc1. The molecule has 0 spiro atoms. The molecule has 4 aromatic rings. The van der Waals surface area contributed by atoms with Gasteiger partial charge >= 0.3 is 0 Å². The smallest absolute Gasteiger partial charge is 0.0713 e.